The van der Waals surface area contributed by atoms with Gasteiger partial charge in [-0.25, -0.2) is 0 Å². The van der Waals surface area contributed by atoms with E-state index in [0.717, 1.165) is 6.29 Å². The minimum atomic E-state index is 0.299. The van der Waals surface area contributed by atoms with Crippen molar-refractivity contribution in [2.24, 2.45) is 5.73 Å². The summed E-state index contributed by atoms with van der Waals surface area (Å²) in [6.45, 7) is 0.299. The average molecular weight is 170 g/mol. The summed E-state index contributed by atoms with van der Waals surface area (Å²) < 4.78 is 0. The first-order valence-corrected chi connectivity index (χ1v) is 3.60. The highest BCUT2D eigenvalue weighted by Crippen LogP contribution is 2.17. The number of nitrogens with two attached hydrogens (primary N) is 1. The van der Waals surface area contributed by atoms with Gasteiger partial charge < -0.3 is 5.73 Å². The maximum atomic E-state index is 10.4. The standard InChI is InChI=1S/C8H8ClNO/c9-8-3-1-2-6(5-11)7(8)4-10/h1-3,5H,4,10H2. The van der Waals surface area contributed by atoms with E-state index < -0.39 is 0 Å². The molecule has 0 unspecified atom stereocenters. The van der Waals surface area contributed by atoms with Gasteiger partial charge in [0.15, 0.2) is 0 Å². The van der Waals surface area contributed by atoms with Gasteiger partial charge in [-0.05, 0) is 11.6 Å². The van der Waals surface area contributed by atoms with Crippen LogP contribution in [0.3, 0.4) is 0 Å². The Morgan fingerprint density at radius 2 is 2.27 bits per heavy atom. The molecular formula is C8H8ClNO. The predicted octanol–water partition coefficient (Wildman–Crippen LogP) is 1.61. The molecule has 0 saturated heterocycles. The molecule has 0 aliphatic carbocycles. The Hall–Kier alpha value is -0.860. The second-order valence-corrected chi connectivity index (χ2v) is 2.54. The molecule has 1 aromatic carbocycles. The van der Waals surface area contributed by atoms with Gasteiger partial charge in [0.25, 0.3) is 0 Å². The molecule has 0 saturated carbocycles. The molecule has 0 fully saturated rings. The monoisotopic (exact) mass is 169 g/mol. The number of hydrogen-bond acceptors (Lipinski definition) is 2. The van der Waals surface area contributed by atoms with E-state index in [4.69, 9.17) is 17.3 Å². The van der Waals surface area contributed by atoms with Crippen LogP contribution in [0.1, 0.15) is 15.9 Å². The van der Waals surface area contributed by atoms with Crippen molar-refractivity contribution in [2.45, 2.75) is 6.54 Å². The van der Waals surface area contributed by atoms with Crippen LogP contribution in [0.5, 0.6) is 0 Å². The van der Waals surface area contributed by atoms with Crippen molar-refractivity contribution in [1.82, 2.24) is 0 Å². The molecule has 0 amide bonds. The van der Waals surface area contributed by atoms with Crippen molar-refractivity contribution >= 4 is 17.9 Å². The first kappa shape index (κ1) is 8.24. The third kappa shape index (κ3) is 1.59. The highest BCUT2D eigenvalue weighted by atomic mass is 35.5. The van der Waals surface area contributed by atoms with E-state index in [9.17, 15) is 4.79 Å². The summed E-state index contributed by atoms with van der Waals surface area (Å²) in [5.74, 6) is 0. The minimum absolute atomic E-state index is 0.299. The van der Waals surface area contributed by atoms with Crippen LogP contribution < -0.4 is 5.73 Å². The lowest BCUT2D eigenvalue weighted by molar-refractivity contribution is 0.112. The van der Waals surface area contributed by atoms with Crippen LogP contribution in [0.2, 0.25) is 5.02 Å². The zero-order chi connectivity index (χ0) is 8.27. The summed E-state index contributed by atoms with van der Waals surface area (Å²) in [6, 6.07) is 5.14. The molecule has 2 N–H and O–H groups in total. The van der Waals surface area contributed by atoms with Gasteiger partial charge >= 0.3 is 0 Å². The number of rotatable bonds is 2. The Bertz CT molecular complexity index is 273. The SMILES string of the molecule is NCc1c(Cl)cccc1C=O. The second-order valence-electron chi connectivity index (χ2n) is 2.13. The van der Waals surface area contributed by atoms with Gasteiger partial charge in [-0.2, -0.15) is 0 Å². The van der Waals surface area contributed by atoms with Crippen molar-refractivity contribution in [1.29, 1.82) is 0 Å². The fourth-order valence-corrected chi connectivity index (χ4v) is 1.16. The smallest absolute Gasteiger partial charge is 0.150 e. The minimum Gasteiger partial charge on any atom is -0.326 e. The van der Waals surface area contributed by atoms with Crippen LogP contribution in [-0.4, -0.2) is 6.29 Å². The molecule has 0 heterocycles. The average Bonchev–Trinajstić information content (AvgIpc) is 2.04. The Labute approximate surface area is 70.0 Å². The molecule has 3 heteroatoms. The molecular weight excluding hydrogens is 162 g/mol. The number of hydrogen-bond donors (Lipinski definition) is 1. The zero-order valence-corrected chi connectivity index (χ0v) is 6.64. The van der Waals surface area contributed by atoms with E-state index >= 15 is 0 Å². The second kappa shape index (κ2) is 3.51. The third-order valence-electron chi connectivity index (χ3n) is 1.49. The largest absolute Gasteiger partial charge is 0.326 e. The Balaban J connectivity index is 3.23. The number of benzene rings is 1. The first-order valence-electron chi connectivity index (χ1n) is 3.22. The van der Waals surface area contributed by atoms with Crippen LogP contribution in [0.15, 0.2) is 18.2 Å². The Morgan fingerprint density at radius 1 is 1.55 bits per heavy atom. The van der Waals surface area contributed by atoms with E-state index in [1.807, 2.05) is 0 Å². The lowest BCUT2D eigenvalue weighted by atomic mass is 10.1. The van der Waals surface area contributed by atoms with Gasteiger partial charge in [0.2, 0.25) is 0 Å². The van der Waals surface area contributed by atoms with Gasteiger partial charge in [0.05, 0.1) is 0 Å². The molecule has 11 heavy (non-hydrogen) atoms. The Morgan fingerprint density at radius 3 is 2.73 bits per heavy atom. The van der Waals surface area contributed by atoms with Gasteiger partial charge in [0.1, 0.15) is 6.29 Å². The van der Waals surface area contributed by atoms with E-state index in [2.05, 4.69) is 0 Å². The van der Waals surface area contributed by atoms with E-state index in [1.165, 1.54) is 0 Å². The molecule has 58 valence electrons. The molecule has 0 bridgehead atoms. The van der Waals surface area contributed by atoms with E-state index in [1.54, 1.807) is 18.2 Å². The lowest BCUT2D eigenvalue weighted by Gasteiger charge is -2.02. The van der Waals surface area contributed by atoms with Crippen molar-refractivity contribution in [3.8, 4) is 0 Å². The van der Waals surface area contributed by atoms with Gasteiger partial charge in [-0.15, -0.1) is 0 Å². The van der Waals surface area contributed by atoms with Crippen LogP contribution in [0.25, 0.3) is 0 Å². The molecule has 0 spiro atoms. The van der Waals surface area contributed by atoms with Crippen molar-refractivity contribution < 1.29 is 4.79 Å². The molecule has 0 atom stereocenters. The number of carbonyl (C=O) groups excluding carboxylic acids is 1. The molecule has 1 rings (SSSR count). The summed E-state index contributed by atoms with van der Waals surface area (Å²) in [6.07, 6.45) is 0.758. The highest BCUT2D eigenvalue weighted by Gasteiger charge is 2.02. The van der Waals surface area contributed by atoms with E-state index in [0.29, 0.717) is 22.7 Å². The molecule has 2 nitrogen and oxygen atoms in total. The number of aldehydes is 1. The van der Waals surface area contributed by atoms with Crippen LogP contribution in [0.4, 0.5) is 0 Å². The quantitative estimate of drug-likeness (QED) is 0.684. The maximum Gasteiger partial charge on any atom is 0.150 e. The normalized spacial score (nSPS) is 9.64. The molecule has 1 aromatic rings. The maximum absolute atomic E-state index is 10.4. The summed E-state index contributed by atoms with van der Waals surface area (Å²) >= 11 is 5.77. The van der Waals surface area contributed by atoms with Crippen molar-refractivity contribution in [3.05, 3.63) is 34.3 Å². The zero-order valence-electron chi connectivity index (χ0n) is 5.88. The topological polar surface area (TPSA) is 43.1 Å². The predicted molar refractivity (Wildman–Crippen MR) is 44.7 cm³/mol. The number of carbonyl (C=O) groups is 1. The van der Waals surface area contributed by atoms with Crippen LogP contribution in [-0.2, 0) is 6.54 Å². The van der Waals surface area contributed by atoms with Gasteiger partial charge in [-0.3, -0.25) is 4.79 Å². The summed E-state index contributed by atoms with van der Waals surface area (Å²) in [5.41, 5.74) is 6.67. The van der Waals surface area contributed by atoms with Crippen LogP contribution >= 0.6 is 11.6 Å². The van der Waals surface area contributed by atoms with E-state index in [-0.39, 0.29) is 0 Å². The fourth-order valence-electron chi connectivity index (χ4n) is 0.901. The summed E-state index contributed by atoms with van der Waals surface area (Å²) in [5, 5.41) is 0.553. The van der Waals surface area contributed by atoms with Gasteiger partial charge in [-0.1, -0.05) is 23.7 Å². The number of halogens is 1. The Kier molecular flexibility index (Phi) is 2.63. The summed E-state index contributed by atoms with van der Waals surface area (Å²) in [4.78, 5) is 10.4. The highest BCUT2D eigenvalue weighted by molar-refractivity contribution is 6.31. The van der Waals surface area contributed by atoms with Crippen molar-refractivity contribution in [2.75, 3.05) is 0 Å². The molecule has 0 aliphatic heterocycles. The summed E-state index contributed by atoms with van der Waals surface area (Å²) in [7, 11) is 0. The molecule has 0 aromatic heterocycles. The molecule has 0 aliphatic rings. The third-order valence-corrected chi connectivity index (χ3v) is 1.84. The van der Waals surface area contributed by atoms with Crippen LogP contribution in [0, 0.1) is 0 Å². The molecule has 0 radical (unpaired) electrons. The fraction of sp³-hybridized carbons (Fsp3) is 0.125. The van der Waals surface area contributed by atoms with Crippen molar-refractivity contribution in [3.63, 3.8) is 0 Å². The van der Waals surface area contributed by atoms with Gasteiger partial charge in [0, 0.05) is 17.1 Å². The lowest BCUT2D eigenvalue weighted by Crippen LogP contribution is -2.01. The first-order chi connectivity index (χ1) is 5.29.